The van der Waals surface area contributed by atoms with Gasteiger partial charge in [0.15, 0.2) is 5.76 Å². The summed E-state index contributed by atoms with van der Waals surface area (Å²) in [6.07, 6.45) is 1.39. The van der Waals surface area contributed by atoms with Gasteiger partial charge in [-0.05, 0) is 24.3 Å². The number of phenols is 1. The summed E-state index contributed by atoms with van der Waals surface area (Å²) in [5.74, 6) is 0.127. The van der Waals surface area contributed by atoms with Crippen molar-refractivity contribution < 1.29 is 18.7 Å². The first kappa shape index (κ1) is 11.8. The lowest BCUT2D eigenvalue weighted by Gasteiger charge is -1.95. The number of carbonyl (C=O) groups is 1. The first-order valence-electron chi connectivity index (χ1n) is 6.46. The molecule has 0 radical (unpaired) electrons. The number of rotatable bonds is 2. The van der Waals surface area contributed by atoms with Crippen LogP contribution in [0.2, 0.25) is 0 Å². The van der Waals surface area contributed by atoms with Crippen LogP contribution >= 0.6 is 0 Å². The molecule has 4 aromatic rings. The van der Waals surface area contributed by atoms with Gasteiger partial charge in [0.25, 0.3) is 0 Å². The summed E-state index contributed by atoms with van der Waals surface area (Å²) in [5.41, 5.74) is 1.56. The molecule has 4 rings (SSSR count). The van der Waals surface area contributed by atoms with E-state index in [9.17, 15) is 9.90 Å². The van der Waals surface area contributed by atoms with Crippen molar-refractivity contribution in [1.82, 2.24) is 0 Å². The molecule has 0 atom stereocenters. The Hall–Kier alpha value is -3.01. The number of furan rings is 2. The van der Waals surface area contributed by atoms with Crippen molar-refractivity contribution in [3.8, 4) is 5.75 Å². The lowest BCUT2D eigenvalue weighted by Crippen LogP contribution is -1.97. The number of benzene rings is 2. The Kier molecular flexibility index (Phi) is 2.38. The van der Waals surface area contributed by atoms with Gasteiger partial charge >= 0.3 is 0 Å². The molecular formula is C17H10O4. The molecule has 4 heteroatoms. The van der Waals surface area contributed by atoms with Gasteiger partial charge in [0.2, 0.25) is 5.78 Å². The zero-order valence-electron chi connectivity index (χ0n) is 10.9. The summed E-state index contributed by atoms with van der Waals surface area (Å²) in [5, 5.41) is 11.0. The third kappa shape index (κ3) is 1.80. The maximum atomic E-state index is 12.6. The van der Waals surface area contributed by atoms with Gasteiger partial charge in [-0.1, -0.05) is 18.2 Å². The van der Waals surface area contributed by atoms with Crippen molar-refractivity contribution in [2.24, 2.45) is 0 Å². The second kappa shape index (κ2) is 4.24. The number of ketones is 1. The number of phenolic OH excluding ortho intramolecular Hbond substituents is 1. The van der Waals surface area contributed by atoms with Crippen LogP contribution in [0, 0.1) is 0 Å². The summed E-state index contributed by atoms with van der Waals surface area (Å²) in [7, 11) is 0. The van der Waals surface area contributed by atoms with Gasteiger partial charge in [-0.3, -0.25) is 4.79 Å². The molecule has 0 saturated carbocycles. The second-order valence-corrected chi connectivity index (χ2v) is 4.81. The van der Waals surface area contributed by atoms with E-state index in [1.54, 1.807) is 12.1 Å². The van der Waals surface area contributed by atoms with Crippen molar-refractivity contribution in [1.29, 1.82) is 0 Å². The molecule has 4 nitrogen and oxygen atoms in total. The summed E-state index contributed by atoms with van der Waals surface area (Å²) in [4.78, 5) is 12.6. The predicted octanol–water partition coefficient (Wildman–Crippen LogP) is 4.12. The molecule has 0 spiro atoms. The van der Waals surface area contributed by atoms with E-state index in [1.165, 1.54) is 18.4 Å². The van der Waals surface area contributed by atoms with E-state index >= 15 is 0 Å². The van der Waals surface area contributed by atoms with Crippen LogP contribution in [0.4, 0.5) is 0 Å². The van der Waals surface area contributed by atoms with E-state index in [0.717, 1.165) is 5.39 Å². The molecule has 0 bridgehead atoms. The molecule has 0 unspecified atom stereocenters. The molecule has 21 heavy (non-hydrogen) atoms. The van der Waals surface area contributed by atoms with Crippen molar-refractivity contribution >= 4 is 27.7 Å². The van der Waals surface area contributed by atoms with E-state index in [0.29, 0.717) is 22.1 Å². The summed E-state index contributed by atoms with van der Waals surface area (Å²) in [6.45, 7) is 0. The van der Waals surface area contributed by atoms with Gasteiger partial charge in [-0.2, -0.15) is 0 Å². The fraction of sp³-hybridized carbons (Fsp3) is 0. The van der Waals surface area contributed by atoms with Gasteiger partial charge in [-0.15, -0.1) is 0 Å². The summed E-state index contributed by atoms with van der Waals surface area (Å²) < 4.78 is 10.9. The van der Waals surface area contributed by atoms with Crippen molar-refractivity contribution in [2.75, 3.05) is 0 Å². The maximum Gasteiger partial charge on any atom is 0.232 e. The summed E-state index contributed by atoms with van der Waals surface area (Å²) in [6, 6.07) is 13.8. The second-order valence-electron chi connectivity index (χ2n) is 4.81. The summed E-state index contributed by atoms with van der Waals surface area (Å²) >= 11 is 0. The van der Waals surface area contributed by atoms with E-state index < -0.39 is 0 Å². The quantitative estimate of drug-likeness (QED) is 0.560. The highest BCUT2D eigenvalue weighted by molar-refractivity contribution is 6.15. The molecule has 2 heterocycles. The van der Waals surface area contributed by atoms with Crippen LogP contribution in [-0.4, -0.2) is 10.9 Å². The van der Waals surface area contributed by atoms with Crippen molar-refractivity contribution in [3.63, 3.8) is 0 Å². The minimum absolute atomic E-state index is 0.0968. The van der Waals surface area contributed by atoms with Crippen LogP contribution in [0.3, 0.4) is 0 Å². The number of fused-ring (bicyclic) bond motifs is 2. The van der Waals surface area contributed by atoms with Crippen molar-refractivity contribution in [3.05, 3.63) is 66.1 Å². The standard InChI is InChI=1S/C17H10O4/c18-11-5-6-12-13(9-20-15(12)8-11)17(19)16-7-10-3-1-2-4-14(10)21-16/h1-9,18H. The van der Waals surface area contributed by atoms with Crippen LogP contribution in [0.1, 0.15) is 16.1 Å². The number of hydrogen-bond acceptors (Lipinski definition) is 4. The minimum Gasteiger partial charge on any atom is -0.508 e. The average molecular weight is 278 g/mol. The van der Waals surface area contributed by atoms with Gasteiger partial charge in [0, 0.05) is 16.8 Å². The fourth-order valence-electron chi connectivity index (χ4n) is 2.42. The van der Waals surface area contributed by atoms with Crippen LogP contribution in [-0.2, 0) is 0 Å². The van der Waals surface area contributed by atoms with Crippen LogP contribution in [0.15, 0.2) is 63.6 Å². The third-order valence-electron chi connectivity index (χ3n) is 3.45. The molecule has 2 aromatic heterocycles. The Morgan fingerprint density at radius 1 is 1.00 bits per heavy atom. The monoisotopic (exact) mass is 278 g/mol. The predicted molar refractivity (Wildman–Crippen MR) is 77.5 cm³/mol. The highest BCUT2D eigenvalue weighted by Gasteiger charge is 2.19. The molecular weight excluding hydrogens is 268 g/mol. The van der Waals surface area contributed by atoms with E-state index in [4.69, 9.17) is 8.83 Å². The largest absolute Gasteiger partial charge is 0.508 e. The SMILES string of the molecule is O=C(c1cc2ccccc2o1)c1coc2cc(O)ccc12. The third-order valence-corrected chi connectivity index (χ3v) is 3.45. The van der Waals surface area contributed by atoms with Crippen LogP contribution in [0.25, 0.3) is 21.9 Å². The van der Waals surface area contributed by atoms with Crippen LogP contribution in [0.5, 0.6) is 5.75 Å². The zero-order chi connectivity index (χ0) is 14.4. The van der Waals surface area contributed by atoms with Crippen molar-refractivity contribution in [2.45, 2.75) is 0 Å². The van der Waals surface area contributed by atoms with Gasteiger partial charge in [0.1, 0.15) is 23.2 Å². The van der Waals surface area contributed by atoms with Crippen LogP contribution < -0.4 is 0 Å². The number of para-hydroxylation sites is 1. The fourth-order valence-corrected chi connectivity index (χ4v) is 2.42. The Morgan fingerprint density at radius 3 is 2.71 bits per heavy atom. The molecule has 1 N–H and O–H groups in total. The minimum atomic E-state index is -0.240. The molecule has 0 fully saturated rings. The van der Waals surface area contributed by atoms with E-state index in [2.05, 4.69) is 0 Å². The Balaban J connectivity index is 1.85. The smallest absolute Gasteiger partial charge is 0.232 e. The highest BCUT2D eigenvalue weighted by atomic mass is 16.3. The number of carbonyl (C=O) groups excluding carboxylic acids is 1. The van der Waals surface area contributed by atoms with E-state index in [-0.39, 0.29) is 17.3 Å². The Morgan fingerprint density at radius 2 is 1.86 bits per heavy atom. The Bertz CT molecular complexity index is 942. The normalized spacial score (nSPS) is 11.2. The van der Waals surface area contributed by atoms with Gasteiger partial charge in [0.05, 0.1) is 5.56 Å². The molecule has 0 saturated heterocycles. The molecule has 0 aliphatic carbocycles. The lowest BCUT2D eigenvalue weighted by atomic mass is 10.1. The number of aromatic hydroxyl groups is 1. The first-order valence-corrected chi connectivity index (χ1v) is 6.46. The lowest BCUT2D eigenvalue weighted by molar-refractivity contribution is 0.101. The molecule has 2 aromatic carbocycles. The Labute approximate surface area is 119 Å². The number of hydrogen-bond donors (Lipinski definition) is 1. The average Bonchev–Trinajstić information content (AvgIpc) is 3.09. The highest BCUT2D eigenvalue weighted by Crippen LogP contribution is 2.28. The first-order chi connectivity index (χ1) is 10.2. The zero-order valence-corrected chi connectivity index (χ0v) is 10.9. The molecule has 0 aliphatic rings. The molecule has 0 aliphatic heterocycles. The van der Waals surface area contributed by atoms with Gasteiger partial charge < -0.3 is 13.9 Å². The molecule has 0 amide bonds. The van der Waals surface area contributed by atoms with Gasteiger partial charge in [-0.25, -0.2) is 0 Å². The molecule has 102 valence electrons. The topological polar surface area (TPSA) is 63.6 Å². The van der Waals surface area contributed by atoms with E-state index in [1.807, 2.05) is 24.3 Å². The maximum absolute atomic E-state index is 12.6.